The van der Waals surface area contributed by atoms with Gasteiger partial charge >= 0.3 is 0 Å². The molecule has 1 aromatic carbocycles. The Morgan fingerprint density at radius 2 is 2.00 bits per heavy atom. The number of nitrogens with two attached hydrogens (primary N) is 1. The zero-order chi connectivity index (χ0) is 12.3. The fourth-order valence-electron chi connectivity index (χ4n) is 1.84. The number of hydrogen-bond acceptors (Lipinski definition) is 4. The van der Waals surface area contributed by atoms with Crippen LogP contribution in [0.2, 0.25) is 0 Å². The number of hydrogen-bond donors (Lipinski definition) is 3. The highest BCUT2D eigenvalue weighted by atomic mass is 16.3. The van der Waals surface area contributed by atoms with Crippen molar-refractivity contribution >= 4 is 10.8 Å². The van der Waals surface area contributed by atoms with E-state index in [1.54, 1.807) is 18.5 Å². The molecule has 4 nitrogen and oxygen atoms in total. The molecule has 0 spiro atoms. The Kier molecular flexibility index (Phi) is 3.68. The van der Waals surface area contributed by atoms with Crippen molar-refractivity contribution in [2.75, 3.05) is 6.54 Å². The molecule has 4 heteroatoms. The van der Waals surface area contributed by atoms with Crippen LogP contribution in [0.25, 0.3) is 10.8 Å². The van der Waals surface area contributed by atoms with Gasteiger partial charge in [0.2, 0.25) is 0 Å². The number of aliphatic hydroxyl groups excluding tert-OH is 2. The van der Waals surface area contributed by atoms with Gasteiger partial charge in [-0.25, -0.2) is 0 Å². The third-order valence-electron chi connectivity index (χ3n) is 2.83. The molecule has 0 aliphatic heterocycles. The second kappa shape index (κ2) is 5.23. The van der Waals surface area contributed by atoms with Gasteiger partial charge in [0.15, 0.2) is 0 Å². The Labute approximate surface area is 99.7 Å². The summed E-state index contributed by atoms with van der Waals surface area (Å²) in [6.45, 7) is 0.357. The molecule has 2 atom stereocenters. The second-order valence-electron chi connectivity index (χ2n) is 4.07. The van der Waals surface area contributed by atoms with E-state index in [9.17, 15) is 10.2 Å². The third-order valence-corrected chi connectivity index (χ3v) is 2.83. The van der Waals surface area contributed by atoms with Crippen LogP contribution >= 0.6 is 0 Å². The predicted octanol–water partition coefficient (Wildman–Crippen LogP) is 0.978. The van der Waals surface area contributed by atoms with Gasteiger partial charge in [0.05, 0.1) is 6.10 Å². The van der Waals surface area contributed by atoms with Crippen molar-refractivity contribution in [1.82, 2.24) is 4.98 Å². The smallest absolute Gasteiger partial charge is 0.105 e. The molecule has 0 radical (unpaired) electrons. The van der Waals surface area contributed by atoms with E-state index in [0.717, 1.165) is 10.8 Å². The predicted molar refractivity (Wildman–Crippen MR) is 66.4 cm³/mol. The van der Waals surface area contributed by atoms with Gasteiger partial charge in [-0.3, -0.25) is 4.98 Å². The van der Waals surface area contributed by atoms with Crippen molar-refractivity contribution in [3.8, 4) is 0 Å². The summed E-state index contributed by atoms with van der Waals surface area (Å²) in [5.41, 5.74) is 6.06. The lowest BCUT2D eigenvalue weighted by Gasteiger charge is -2.17. The molecule has 90 valence electrons. The van der Waals surface area contributed by atoms with E-state index in [1.807, 2.05) is 18.2 Å². The second-order valence-corrected chi connectivity index (χ2v) is 4.07. The maximum Gasteiger partial charge on any atom is 0.105 e. The van der Waals surface area contributed by atoms with Crippen LogP contribution in [0.4, 0.5) is 0 Å². The van der Waals surface area contributed by atoms with Crippen LogP contribution in [-0.4, -0.2) is 27.8 Å². The fraction of sp³-hybridized carbons (Fsp3) is 0.308. The van der Waals surface area contributed by atoms with Crippen molar-refractivity contribution in [3.05, 3.63) is 42.2 Å². The van der Waals surface area contributed by atoms with E-state index in [2.05, 4.69) is 4.98 Å². The van der Waals surface area contributed by atoms with Gasteiger partial charge in [0.25, 0.3) is 0 Å². The number of rotatable bonds is 4. The summed E-state index contributed by atoms with van der Waals surface area (Å²) in [6.07, 6.45) is 2.14. The van der Waals surface area contributed by atoms with E-state index < -0.39 is 12.2 Å². The van der Waals surface area contributed by atoms with Crippen LogP contribution in [0, 0.1) is 0 Å². The quantitative estimate of drug-likeness (QED) is 0.734. The number of aromatic nitrogens is 1. The van der Waals surface area contributed by atoms with E-state index in [1.165, 1.54) is 0 Å². The minimum atomic E-state index is -0.892. The molecule has 4 N–H and O–H groups in total. The topological polar surface area (TPSA) is 79.4 Å². The Bertz CT molecular complexity index is 501. The maximum atomic E-state index is 9.96. The van der Waals surface area contributed by atoms with E-state index in [-0.39, 0.29) is 0 Å². The first kappa shape index (κ1) is 12.0. The highest BCUT2D eigenvalue weighted by Crippen LogP contribution is 2.22. The number of aliphatic hydroxyl groups is 2. The van der Waals surface area contributed by atoms with Crippen LogP contribution in [-0.2, 0) is 0 Å². The van der Waals surface area contributed by atoms with E-state index in [0.29, 0.717) is 18.5 Å². The largest absolute Gasteiger partial charge is 0.390 e. The summed E-state index contributed by atoms with van der Waals surface area (Å²) >= 11 is 0. The van der Waals surface area contributed by atoms with Gasteiger partial charge < -0.3 is 15.9 Å². The van der Waals surface area contributed by atoms with Crippen LogP contribution in [0.3, 0.4) is 0 Å². The monoisotopic (exact) mass is 232 g/mol. The molecule has 0 fully saturated rings. The lowest BCUT2D eigenvalue weighted by Crippen LogP contribution is -2.21. The fourth-order valence-corrected chi connectivity index (χ4v) is 1.84. The lowest BCUT2D eigenvalue weighted by molar-refractivity contribution is 0.0151. The molecule has 1 heterocycles. The van der Waals surface area contributed by atoms with Crippen molar-refractivity contribution in [2.45, 2.75) is 18.6 Å². The Balaban J connectivity index is 2.29. The average molecular weight is 232 g/mol. The average Bonchev–Trinajstić information content (AvgIpc) is 2.37. The first-order valence-corrected chi connectivity index (χ1v) is 5.62. The van der Waals surface area contributed by atoms with Crippen molar-refractivity contribution in [3.63, 3.8) is 0 Å². The minimum Gasteiger partial charge on any atom is -0.390 e. The zero-order valence-corrected chi connectivity index (χ0v) is 9.45. The highest BCUT2D eigenvalue weighted by Gasteiger charge is 2.17. The molecule has 2 unspecified atom stereocenters. The van der Waals surface area contributed by atoms with Crippen LogP contribution in [0.5, 0.6) is 0 Å². The van der Waals surface area contributed by atoms with Crippen LogP contribution in [0.15, 0.2) is 36.7 Å². The van der Waals surface area contributed by atoms with Gasteiger partial charge in [-0.05, 0) is 36.0 Å². The molecular weight excluding hydrogens is 216 g/mol. The summed E-state index contributed by atoms with van der Waals surface area (Å²) < 4.78 is 0. The molecule has 0 aliphatic carbocycles. The summed E-state index contributed by atoms with van der Waals surface area (Å²) in [5, 5.41) is 21.7. The number of fused-ring (bicyclic) bond motifs is 1. The molecule has 0 saturated carbocycles. The first-order valence-electron chi connectivity index (χ1n) is 5.62. The molecule has 1 aromatic heterocycles. The molecule has 2 rings (SSSR count). The third kappa shape index (κ3) is 2.61. The minimum absolute atomic E-state index is 0.357. The van der Waals surface area contributed by atoms with Crippen molar-refractivity contribution in [1.29, 1.82) is 0 Å². The van der Waals surface area contributed by atoms with Gasteiger partial charge in [0, 0.05) is 17.8 Å². The lowest BCUT2D eigenvalue weighted by atomic mass is 10.00. The van der Waals surface area contributed by atoms with Crippen LogP contribution in [0.1, 0.15) is 18.1 Å². The molecule has 17 heavy (non-hydrogen) atoms. The van der Waals surface area contributed by atoms with Crippen molar-refractivity contribution < 1.29 is 10.2 Å². The van der Waals surface area contributed by atoms with Gasteiger partial charge in [-0.15, -0.1) is 0 Å². The Morgan fingerprint density at radius 1 is 1.18 bits per heavy atom. The van der Waals surface area contributed by atoms with Crippen molar-refractivity contribution in [2.24, 2.45) is 5.73 Å². The van der Waals surface area contributed by atoms with E-state index in [4.69, 9.17) is 5.73 Å². The SMILES string of the molecule is NCCC(O)C(O)c1ccc2cnccc2c1. The zero-order valence-electron chi connectivity index (χ0n) is 9.45. The van der Waals surface area contributed by atoms with Crippen LogP contribution < -0.4 is 5.73 Å². The Morgan fingerprint density at radius 3 is 2.76 bits per heavy atom. The number of benzene rings is 1. The number of nitrogens with zero attached hydrogens (tertiary/aromatic N) is 1. The molecule has 2 aromatic rings. The molecule has 0 aliphatic rings. The molecular formula is C13H16N2O2. The Hall–Kier alpha value is -1.49. The molecule has 0 bridgehead atoms. The normalized spacial score (nSPS) is 14.8. The maximum absolute atomic E-state index is 9.96. The van der Waals surface area contributed by atoms with Gasteiger partial charge in [-0.2, -0.15) is 0 Å². The summed E-state index contributed by atoms with van der Waals surface area (Å²) in [7, 11) is 0. The summed E-state index contributed by atoms with van der Waals surface area (Å²) in [4.78, 5) is 4.02. The molecule has 0 amide bonds. The van der Waals surface area contributed by atoms with Gasteiger partial charge in [0.1, 0.15) is 6.10 Å². The van der Waals surface area contributed by atoms with E-state index >= 15 is 0 Å². The number of pyridine rings is 1. The summed E-state index contributed by atoms with van der Waals surface area (Å²) in [5.74, 6) is 0. The summed E-state index contributed by atoms with van der Waals surface area (Å²) in [6, 6.07) is 7.42. The first-order chi connectivity index (χ1) is 8.22. The molecule has 0 saturated heterocycles. The standard InChI is InChI=1S/C13H16N2O2/c14-5-3-12(16)13(17)10-1-2-11-8-15-6-4-9(11)7-10/h1-2,4,6-8,12-13,16-17H,3,5,14H2. The highest BCUT2D eigenvalue weighted by molar-refractivity contribution is 5.82. The van der Waals surface area contributed by atoms with Gasteiger partial charge in [-0.1, -0.05) is 12.1 Å².